The number of aliphatic hydroxyl groups excluding tert-OH is 6. The molecule has 36 heavy (non-hydrogen) atoms. The molecular formula is C26H38O10. The number of rotatable bonds is 3. The van der Waals surface area contributed by atoms with Crippen LogP contribution in [0, 0.1) is 34.0 Å². The Bertz CT molecular complexity index is 951. The molecule has 5 fully saturated rings. The zero-order valence-corrected chi connectivity index (χ0v) is 20.7. The number of allylic oxidation sites excluding steroid dienone is 1. The number of fused-ring (bicyclic) bond motifs is 3. The summed E-state index contributed by atoms with van der Waals surface area (Å²) < 4.78 is 10.9. The van der Waals surface area contributed by atoms with Crippen LogP contribution in [0.3, 0.4) is 0 Å². The lowest BCUT2D eigenvalue weighted by atomic mass is 9.39. The first kappa shape index (κ1) is 26.2. The largest absolute Gasteiger partial charge is 0.432 e. The Kier molecular flexibility index (Phi) is 6.23. The third-order valence-corrected chi connectivity index (χ3v) is 10.4. The lowest BCUT2D eigenvalue weighted by Gasteiger charge is -2.65. The van der Waals surface area contributed by atoms with Crippen molar-refractivity contribution in [2.45, 2.75) is 95.3 Å². The molecular weight excluding hydrogens is 472 g/mol. The van der Waals surface area contributed by atoms with Crippen LogP contribution in [-0.2, 0) is 19.1 Å². The van der Waals surface area contributed by atoms with E-state index in [-0.39, 0.29) is 18.1 Å². The maximum Gasteiger partial charge on any atom is 0.314 e. The van der Waals surface area contributed by atoms with Crippen molar-refractivity contribution < 1.29 is 49.7 Å². The van der Waals surface area contributed by atoms with E-state index in [0.29, 0.717) is 37.7 Å². The molecule has 0 amide bonds. The molecule has 10 heteroatoms. The molecule has 0 unspecified atom stereocenters. The highest BCUT2D eigenvalue weighted by Crippen LogP contribution is 2.71. The van der Waals surface area contributed by atoms with Crippen LogP contribution in [0.25, 0.3) is 0 Å². The van der Waals surface area contributed by atoms with Crippen molar-refractivity contribution in [2.24, 2.45) is 34.0 Å². The zero-order chi connectivity index (χ0) is 26.4. The van der Waals surface area contributed by atoms with E-state index in [4.69, 9.17) is 9.47 Å². The molecule has 4 saturated carbocycles. The van der Waals surface area contributed by atoms with Crippen LogP contribution in [0.2, 0.25) is 0 Å². The lowest BCUT2D eigenvalue weighted by molar-refractivity contribution is -0.300. The van der Waals surface area contributed by atoms with Crippen LogP contribution in [0.1, 0.15) is 52.4 Å². The average molecular weight is 511 g/mol. The van der Waals surface area contributed by atoms with Crippen molar-refractivity contribution in [1.82, 2.24) is 0 Å². The predicted octanol–water partition coefficient (Wildman–Crippen LogP) is -0.581. The molecule has 5 rings (SSSR count). The Morgan fingerprint density at radius 3 is 2.39 bits per heavy atom. The Morgan fingerprint density at radius 2 is 1.72 bits per heavy atom. The van der Waals surface area contributed by atoms with Gasteiger partial charge in [0.05, 0.1) is 24.2 Å². The molecule has 0 aromatic heterocycles. The molecule has 2 bridgehead atoms. The van der Waals surface area contributed by atoms with Crippen molar-refractivity contribution in [2.75, 3.05) is 6.61 Å². The second kappa shape index (κ2) is 8.56. The Balaban J connectivity index is 1.47. The van der Waals surface area contributed by atoms with E-state index >= 15 is 0 Å². The lowest BCUT2D eigenvalue weighted by Crippen LogP contribution is -2.67. The van der Waals surface area contributed by atoms with Crippen LogP contribution >= 0.6 is 0 Å². The summed E-state index contributed by atoms with van der Waals surface area (Å²) in [6.07, 6.45) is -6.93. The number of carbonyl (C=O) groups excluding carboxylic acids is 2. The molecule has 10 nitrogen and oxygen atoms in total. The normalized spacial score (nSPS) is 54.6. The molecule has 6 N–H and O–H groups in total. The van der Waals surface area contributed by atoms with E-state index in [1.165, 1.54) is 0 Å². The molecule has 1 aliphatic heterocycles. The van der Waals surface area contributed by atoms with E-state index < -0.39 is 83.6 Å². The highest BCUT2D eigenvalue weighted by Gasteiger charge is 2.72. The number of Topliss-reactive ketones (excluding diaryl/α,β-unsaturated/α-hetero) is 1. The molecule has 1 saturated heterocycles. The first-order chi connectivity index (χ1) is 16.8. The number of ether oxygens (including phenoxy) is 2. The van der Waals surface area contributed by atoms with Crippen molar-refractivity contribution in [3.8, 4) is 0 Å². The van der Waals surface area contributed by atoms with Gasteiger partial charge in [-0.1, -0.05) is 19.9 Å². The first-order valence-corrected chi connectivity index (χ1v) is 12.9. The smallest absolute Gasteiger partial charge is 0.314 e. The van der Waals surface area contributed by atoms with Gasteiger partial charge in [-0.05, 0) is 55.9 Å². The molecule has 0 aromatic rings. The molecule has 1 spiro atoms. The minimum absolute atomic E-state index is 0.0797. The Hall–Kier alpha value is -1.40. The average Bonchev–Trinajstić information content (AvgIpc) is 2.99. The standard InChI is InChI=1S/C26H38O10/c1-11-12-7-13(28)20-24(2)5-4-6-25(3,19(24)14(29)9-26(20,8-12)21(11)33)23(34)36-22-18(32)17(31)16(30)15(10-27)35-22/h12-20,22,27-32H,1,4-10H2,2-3H3/t12-,13+,14-,15-,16-,17+,18-,19+,20+,22+,24-,25-,26+/m1/s1. The second-order valence-corrected chi connectivity index (χ2v) is 12.3. The minimum Gasteiger partial charge on any atom is -0.432 e. The van der Waals surface area contributed by atoms with Crippen LogP contribution in [0.5, 0.6) is 0 Å². The van der Waals surface area contributed by atoms with Gasteiger partial charge in [-0.25, -0.2) is 0 Å². The van der Waals surface area contributed by atoms with Gasteiger partial charge in [-0.3, -0.25) is 9.59 Å². The summed E-state index contributed by atoms with van der Waals surface area (Å²) in [5, 5.41) is 62.8. The fraction of sp³-hybridized carbons (Fsp3) is 0.846. The third kappa shape index (κ3) is 3.35. The van der Waals surface area contributed by atoms with Gasteiger partial charge in [0.2, 0.25) is 6.29 Å². The molecule has 0 aromatic carbocycles. The topological polar surface area (TPSA) is 174 Å². The quantitative estimate of drug-likeness (QED) is 0.213. The zero-order valence-electron chi connectivity index (χ0n) is 20.7. The van der Waals surface area contributed by atoms with Crippen molar-refractivity contribution in [3.63, 3.8) is 0 Å². The summed E-state index contributed by atoms with van der Waals surface area (Å²) in [6, 6.07) is 0. The van der Waals surface area contributed by atoms with Gasteiger partial charge in [0.1, 0.15) is 24.4 Å². The Labute approximate surface area is 209 Å². The number of hydrogen-bond donors (Lipinski definition) is 6. The van der Waals surface area contributed by atoms with Crippen molar-refractivity contribution >= 4 is 11.8 Å². The van der Waals surface area contributed by atoms with Crippen molar-refractivity contribution in [1.29, 1.82) is 0 Å². The summed E-state index contributed by atoms with van der Waals surface area (Å²) >= 11 is 0. The summed E-state index contributed by atoms with van der Waals surface area (Å²) in [5.41, 5.74) is -2.36. The minimum atomic E-state index is -1.73. The van der Waals surface area contributed by atoms with Gasteiger partial charge in [-0.15, -0.1) is 0 Å². The van der Waals surface area contributed by atoms with Gasteiger partial charge in [0, 0.05) is 17.3 Å². The molecule has 13 atom stereocenters. The molecule has 0 radical (unpaired) electrons. The summed E-state index contributed by atoms with van der Waals surface area (Å²) in [4.78, 5) is 27.1. The van der Waals surface area contributed by atoms with E-state index in [1.807, 2.05) is 6.92 Å². The van der Waals surface area contributed by atoms with Gasteiger partial charge in [-0.2, -0.15) is 0 Å². The maximum absolute atomic E-state index is 13.7. The van der Waals surface area contributed by atoms with E-state index in [0.717, 1.165) is 0 Å². The monoisotopic (exact) mass is 510 g/mol. The molecule has 202 valence electrons. The highest BCUT2D eigenvalue weighted by molar-refractivity contribution is 6.03. The van der Waals surface area contributed by atoms with Crippen molar-refractivity contribution in [3.05, 3.63) is 12.2 Å². The fourth-order valence-electron chi connectivity index (χ4n) is 9.04. The highest BCUT2D eigenvalue weighted by atomic mass is 16.7. The predicted molar refractivity (Wildman–Crippen MR) is 123 cm³/mol. The molecule has 5 aliphatic rings. The van der Waals surface area contributed by atoms with Gasteiger partial charge >= 0.3 is 5.97 Å². The fourth-order valence-corrected chi connectivity index (χ4v) is 9.04. The maximum atomic E-state index is 13.7. The van der Waals surface area contributed by atoms with Crippen LogP contribution in [-0.4, -0.2) is 91.9 Å². The number of hydrogen-bond acceptors (Lipinski definition) is 10. The van der Waals surface area contributed by atoms with E-state index in [2.05, 4.69) is 6.58 Å². The second-order valence-electron chi connectivity index (χ2n) is 12.3. The summed E-state index contributed by atoms with van der Waals surface area (Å²) in [5.74, 6) is -2.00. The van der Waals surface area contributed by atoms with Crippen LogP contribution in [0.4, 0.5) is 0 Å². The van der Waals surface area contributed by atoms with Crippen LogP contribution < -0.4 is 0 Å². The van der Waals surface area contributed by atoms with E-state index in [1.54, 1.807) is 6.92 Å². The number of esters is 1. The van der Waals surface area contributed by atoms with Gasteiger partial charge in [0.15, 0.2) is 5.78 Å². The number of ketones is 1. The van der Waals surface area contributed by atoms with Gasteiger partial charge in [0.25, 0.3) is 0 Å². The Morgan fingerprint density at radius 1 is 1.03 bits per heavy atom. The summed E-state index contributed by atoms with van der Waals surface area (Å²) in [7, 11) is 0. The molecule has 1 heterocycles. The SMILES string of the molecule is C=C1C(=O)[C@]23C[C@H]1C[C@H](O)[C@H]2[C@]1(C)CCC[C@@](C)(C(=O)O[C@@H]2O[C@H](CO)[C@@H](O)[C@H](O)[C@H]2O)[C@H]1[C@H](O)C3. The first-order valence-electron chi connectivity index (χ1n) is 12.9. The third-order valence-electron chi connectivity index (χ3n) is 10.4. The number of carbonyl (C=O) groups is 2. The van der Waals surface area contributed by atoms with Crippen LogP contribution in [0.15, 0.2) is 12.2 Å². The summed E-state index contributed by atoms with van der Waals surface area (Å²) in [6.45, 7) is 6.98. The number of aliphatic hydroxyl groups is 6. The van der Waals surface area contributed by atoms with Gasteiger partial charge < -0.3 is 40.1 Å². The van der Waals surface area contributed by atoms with E-state index in [9.17, 15) is 40.2 Å². The molecule has 4 aliphatic carbocycles.